The van der Waals surface area contributed by atoms with Crippen molar-refractivity contribution in [1.82, 2.24) is 15.3 Å². The van der Waals surface area contributed by atoms with Crippen molar-refractivity contribution in [3.63, 3.8) is 0 Å². The van der Waals surface area contributed by atoms with E-state index in [2.05, 4.69) is 50.4 Å². The predicted molar refractivity (Wildman–Crippen MR) is 76.6 cm³/mol. The monoisotopic (exact) mass is 313 g/mol. The van der Waals surface area contributed by atoms with Gasteiger partial charge in [0.25, 0.3) is 0 Å². The number of nitrogens with zero attached hydrogens (tertiary/aromatic N) is 2. The molecule has 0 unspecified atom stereocenters. The van der Waals surface area contributed by atoms with Crippen molar-refractivity contribution in [2.24, 2.45) is 0 Å². The van der Waals surface area contributed by atoms with Crippen LogP contribution in [-0.2, 0) is 6.54 Å². The first-order valence-electron chi connectivity index (χ1n) is 6.18. The van der Waals surface area contributed by atoms with Crippen LogP contribution in [0.4, 0.5) is 0 Å². The quantitative estimate of drug-likeness (QED) is 0.916. The van der Waals surface area contributed by atoms with Gasteiger partial charge in [-0.25, -0.2) is 5.01 Å². The highest BCUT2D eigenvalue weighted by atomic mass is 79.9. The summed E-state index contributed by atoms with van der Waals surface area (Å²) in [6.07, 6.45) is 0. The Balaban J connectivity index is 1.84. The minimum absolute atomic E-state index is 0.853. The average molecular weight is 314 g/mol. The zero-order chi connectivity index (χ0) is 13.0. The fourth-order valence-electron chi connectivity index (χ4n) is 1.99. The van der Waals surface area contributed by atoms with Gasteiger partial charge in [-0.1, -0.05) is 6.07 Å². The molecular formula is C13H20BrN3O. The van der Waals surface area contributed by atoms with Crippen LogP contribution < -0.4 is 10.2 Å². The highest BCUT2D eigenvalue weighted by Crippen LogP contribution is 2.25. The topological polar surface area (TPSA) is 27.7 Å². The lowest BCUT2D eigenvalue weighted by Crippen LogP contribution is -2.50. The molecule has 0 atom stereocenters. The molecule has 1 aliphatic heterocycles. The molecule has 0 spiro atoms. The number of benzene rings is 1. The van der Waals surface area contributed by atoms with Gasteiger partial charge in [0, 0.05) is 32.7 Å². The summed E-state index contributed by atoms with van der Waals surface area (Å²) >= 11 is 3.51. The van der Waals surface area contributed by atoms with Crippen LogP contribution in [0.3, 0.4) is 0 Å². The van der Waals surface area contributed by atoms with E-state index in [1.165, 1.54) is 5.56 Å². The summed E-state index contributed by atoms with van der Waals surface area (Å²) < 4.78 is 6.23. The van der Waals surface area contributed by atoms with Crippen molar-refractivity contribution in [3.8, 4) is 5.75 Å². The Labute approximate surface area is 117 Å². The van der Waals surface area contributed by atoms with E-state index in [0.717, 1.165) is 42.9 Å². The van der Waals surface area contributed by atoms with Crippen LogP contribution >= 0.6 is 15.9 Å². The number of hydrogen-bond donors (Lipinski definition) is 1. The molecule has 0 amide bonds. The fraction of sp³-hybridized carbons (Fsp3) is 0.538. The number of piperazine rings is 1. The van der Waals surface area contributed by atoms with Gasteiger partial charge in [0.15, 0.2) is 0 Å². The number of rotatable bonds is 4. The number of ether oxygens (including phenoxy) is 1. The lowest BCUT2D eigenvalue weighted by Gasteiger charge is -2.32. The molecule has 18 heavy (non-hydrogen) atoms. The van der Waals surface area contributed by atoms with Crippen molar-refractivity contribution in [1.29, 1.82) is 0 Å². The van der Waals surface area contributed by atoms with E-state index < -0.39 is 0 Å². The summed E-state index contributed by atoms with van der Waals surface area (Å²) in [4.78, 5) is 2.35. The van der Waals surface area contributed by atoms with Crippen LogP contribution in [-0.4, -0.2) is 50.2 Å². The van der Waals surface area contributed by atoms with E-state index >= 15 is 0 Å². The Kier molecular flexibility index (Phi) is 5.00. The van der Waals surface area contributed by atoms with Gasteiger partial charge in [-0.3, -0.25) is 5.43 Å². The standard InChI is InChI=1S/C13H20BrN3O/c1-16-5-7-17(8-6-16)15-10-11-3-4-13(18-2)12(14)9-11/h3-4,9,15H,5-8,10H2,1-2H3. The number of hydrogen-bond acceptors (Lipinski definition) is 4. The predicted octanol–water partition coefficient (Wildman–Crippen LogP) is 1.71. The van der Waals surface area contributed by atoms with Gasteiger partial charge in [-0.05, 0) is 40.7 Å². The molecule has 1 heterocycles. The minimum atomic E-state index is 0.853. The number of nitrogens with one attached hydrogen (secondary N) is 1. The molecule has 5 heteroatoms. The summed E-state index contributed by atoms with van der Waals surface area (Å²) in [5.41, 5.74) is 4.72. The SMILES string of the molecule is COc1ccc(CNN2CCN(C)CC2)cc1Br. The van der Waals surface area contributed by atoms with Crippen LogP contribution in [0.25, 0.3) is 0 Å². The smallest absolute Gasteiger partial charge is 0.133 e. The molecular weight excluding hydrogens is 294 g/mol. The third-order valence-electron chi connectivity index (χ3n) is 3.23. The summed E-state index contributed by atoms with van der Waals surface area (Å²) in [6.45, 7) is 5.26. The van der Waals surface area contributed by atoms with Gasteiger partial charge < -0.3 is 9.64 Å². The average Bonchev–Trinajstić information content (AvgIpc) is 2.38. The molecule has 0 bridgehead atoms. The van der Waals surface area contributed by atoms with Crippen LogP contribution in [0, 0.1) is 0 Å². The van der Waals surface area contributed by atoms with E-state index in [0.29, 0.717) is 0 Å². The Hall–Kier alpha value is -0.620. The maximum Gasteiger partial charge on any atom is 0.133 e. The van der Waals surface area contributed by atoms with E-state index in [-0.39, 0.29) is 0 Å². The molecule has 0 saturated carbocycles. The highest BCUT2D eigenvalue weighted by Gasteiger charge is 2.13. The van der Waals surface area contributed by atoms with Crippen molar-refractivity contribution in [2.75, 3.05) is 40.3 Å². The largest absolute Gasteiger partial charge is 0.496 e. The van der Waals surface area contributed by atoms with Crippen molar-refractivity contribution < 1.29 is 4.74 Å². The molecule has 1 aliphatic rings. The third kappa shape index (κ3) is 3.68. The summed E-state index contributed by atoms with van der Waals surface area (Å²) in [5.74, 6) is 0.873. The summed E-state index contributed by atoms with van der Waals surface area (Å²) in [6, 6.07) is 6.18. The first-order chi connectivity index (χ1) is 8.69. The zero-order valence-electron chi connectivity index (χ0n) is 10.9. The molecule has 4 nitrogen and oxygen atoms in total. The van der Waals surface area contributed by atoms with E-state index in [1.807, 2.05) is 6.07 Å². The first kappa shape index (κ1) is 13.8. The van der Waals surface area contributed by atoms with Gasteiger partial charge >= 0.3 is 0 Å². The van der Waals surface area contributed by atoms with Gasteiger partial charge in [0.2, 0.25) is 0 Å². The molecule has 0 radical (unpaired) electrons. The second kappa shape index (κ2) is 6.52. The van der Waals surface area contributed by atoms with Crippen molar-refractivity contribution in [2.45, 2.75) is 6.54 Å². The molecule has 0 aromatic heterocycles. The molecule has 0 aliphatic carbocycles. The minimum Gasteiger partial charge on any atom is -0.496 e. The molecule has 2 rings (SSSR count). The van der Waals surface area contributed by atoms with E-state index in [4.69, 9.17) is 4.74 Å². The number of methoxy groups -OCH3 is 1. The second-order valence-corrected chi connectivity index (χ2v) is 5.45. The Morgan fingerprint density at radius 1 is 1.28 bits per heavy atom. The molecule has 1 fully saturated rings. The van der Waals surface area contributed by atoms with Crippen LogP contribution in [0.1, 0.15) is 5.56 Å². The maximum absolute atomic E-state index is 5.22. The van der Waals surface area contributed by atoms with E-state index in [9.17, 15) is 0 Å². The van der Waals surface area contributed by atoms with Gasteiger partial charge in [0.1, 0.15) is 5.75 Å². The molecule has 1 aromatic carbocycles. The first-order valence-corrected chi connectivity index (χ1v) is 6.98. The number of halogens is 1. The second-order valence-electron chi connectivity index (χ2n) is 4.59. The Morgan fingerprint density at radius 2 is 2.00 bits per heavy atom. The molecule has 1 N–H and O–H groups in total. The van der Waals surface area contributed by atoms with Gasteiger partial charge in [0.05, 0.1) is 11.6 Å². The van der Waals surface area contributed by atoms with Gasteiger partial charge in [-0.15, -0.1) is 0 Å². The lowest BCUT2D eigenvalue weighted by atomic mass is 10.2. The van der Waals surface area contributed by atoms with Crippen LogP contribution in [0.15, 0.2) is 22.7 Å². The summed E-state index contributed by atoms with van der Waals surface area (Å²) in [5, 5.41) is 2.29. The van der Waals surface area contributed by atoms with Crippen LogP contribution in [0.2, 0.25) is 0 Å². The third-order valence-corrected chi connectivity index (χ3v) is 3.85. The van der Waals surface area contributed by atoms with E-state index in [1.54, 1.807) is 7.11 Å². The maximum atomic E-state index is 5.22. The zero-order valence-corrected chi connectivity index (χ0v) is 12.5. The Morgan fingerprint density at radius 3 is 2.61 bits per heavy atom. The molecule has 100 valence electrons. The van der Waals surface area contributed by atoms with Gasteiger partial charge in [-0.2, -0.15) is 0 Å². The van der Waals surface area contributed by atoms with Crippen molar-refractivity contribution >= 4 is 15.9 Å². The van der Waals surface area contributed by atoms with Crippen molar-refractivity contribution in [3.05, 3.63) is 28.2 Å². The molecule has 1 aromatic rings. The summed E-state index contributed by atoms with van der Waals surface area (Å²) in [7, 11) is 3.85. The fourth-order valence-corrected chi connectivity index (χ4v) is 2.58. The molecule has 1 saturated heterocycles. The normalized spacial score (nSPS) is 17.9. The van der Waals surface area contributed by atoms with Crippen LogP contribution in [0.5, 0.6) is 5.75 Å². The Bertz CT molecular complexity index is 392. The number of likely N-dealkylation sites (N-methyl/N-ethyl adjacent to an activating group) is 1. The lowest BCUT2D eigenvalue weighted by molar-refractivity contribution is 0.102. The number of hydrazine groups is 1. The highest BCUT2D eigenvalue weighted by molar-refractivity contribution is 9.10.